The maximum Gasteiger partial charge on any atom is 0.310 e. The SMILES string of the molecule is CCOC(=O)C1CCCN(C(=O)c2ccc(COc3ccccc3)cc2)C1. The van der Waals surface area contributed by atoms with Crippen LogP contribution >= 0.6 is 0 Å². The lowest BCUT2D eigenvalue weighted by Gasteiger charge is -2.31. The Labute approximate surface area is 159 Å². The topological polar surface area (TPSA) is 55.8 Å². The molecule has 1 fully saturated rings. The van der Waals surface area contributed by atoms with Crippen LogP contribution in [0.15, 0.2) is 54.6 Å². The number of ether oxygens (including phenoxy) is 2. The third kappa shape index (κ3) is 5.09. The van der Waals surface area contributed by atoms with Gasteiger partial charge in [-0.1, -0.05) is 30.3 Å². The number of nitrogens with zero attached hydrogens (tertiary/aromatic N) is 1. The van der Waals surface area contributed by atoms with Gasteiger partial charge in [0.05, 0.1) is 12.5 Å². The van der Waals surface area contributed by atoms with Gasteiger partial charge in [0, 0.05) is 18.7 Å². The van der Waals surface area contributed by atoms with Crippen molar-refractivity contribution in [2.45, 2.75) is 26.4 Å². The Morgan fingerprint density at radius 1 is 1.07 bits per heavy atom. The standard InChI is InChI=1S/C22H25NO4/c1-2-26-22(25)19-7-6-14-23(15-19)21(24)18-12-10-17(11-13-18)16-27-20-8-4-3-5-9-20/h3-5,8-13,19H,2,6-7,14-16H2,1H3. The predicted molar refractivity (Wildman–Crippen MR) is 102 cm³/mol. The maximum atomic E-state index is 12.8. The summed E-state index contributed by atoms with van der Waals surface area (Å²) in [7, 11) is 0. The number of hydrogen-bond acceptors (Lipinski definition) is 4. The molecule has 0 bridgehead atoms. The third-order valence-corrected chi connectivity index (χ3v) is 4.68. The maximum absolute atomic E-state index is 12.8. The van der Waals surface area contributed by atoms with Crippen LogP contribution in [0.5, 0.6) is 5.75 Å². The molecule has 27 heavy (non-hydrogen) atoms. The van der Waals surface area contributed by atoms with Crippen LogP contribution in [0.3, 0.4) is 0 Å². The second-order valence-electron chi connectivity index (χ2n) is 6.64. The first-order valence-electron chi connectivity index (χ1n) is 9.40. The lowest BCUT2D eigenvalue weighted by Crippen LogP contribution is -2.42. The van der Waals surface area contributed by atoms with Crippen molar-refractivity contribution < 1.29 is 19.1 Å². The molecule has 1 unspecified atom stereocenters. The summed E-state index contributed by atoms with van der Waals surface area (Å²) in [6.07, 6.45) is 1.59. The van der Waals surface area contributed by atoms with Gasteiger partial charge in [-0.25, -0.2) is 0 Å². The Balaban J connectivity index is 1.57. The lowest BCUT2D eigenvalue weighted by atomic mass is 9.97. The minimum absolute atomic E-state index is 0.0421. The van der Waals surface area contributed by atoms with Gasteiger partial charge in [-0.05, 0) is 49.6 Å². The average Bonchev–Trinajstić information content (AvgIpc) is 2.73. The Hall–Kier alpha value is -2.82. The van der Waals surface area contributed by atoms with E-state index in [1.54, 1.807) is 11.8 Å². The fourth-order valence-corrected chi connectivity index (χ4v) is 3.22. The van der Waals surface area contributed by atoms with Crippen LogP contribution in [0.2, 0.25) is 0 Å². The zero-order chi connectivity index (χ0) is 19.1. The van der Waals surface area contributed by atoms with Crippen LogP contribution < -0.4 is 4.74 Å². The molecule has 1 heterocycles. The van der Waals surface area contributed by atoms with Crippen molar-refractivity contribution >= 4 is 11.9 Å². The molecular weight excluding hydrogens is 342 g/mol. The highest BCUT2D eigenvalue weighted by molar-refractivity contribution is 5.94. The number of amides is 1. The van der Waals surface area contributed by atoms with Crippen LogP contribution in [0.1, 0.15) is 35.7 Å². The van der Waals surface area contributed by atoms with E-state index in [0.717, 1.165) is 24.2 Å². The van der Waals surface area contributed by atoms with Crippen molar-refractivity contribution in [3.05, 3.63) is 65.7 Å². The summed E-state index contributed by atoms with van der Waals surface area (Å²) in [4.78, 5) is 26.5. The van der Waals surface area contributed by atoms with Gasteiger partial charge in [0.2, 0.25) is 0 Å². The number of likely N-dealkylation sites (tertiary alicyclic amines) is 1. The Morgan fingerprint density at radius 3 is 2.52 bits per heavy atom. The minimum atomic E-state index is -0.221. The third-order valence-electron chi connectivity index (χ3n) is 4.68. The van der Waals surface area contributed by atoms with E-state index in [1.807, 2.05) is 54.6 Å². The first-order valence-corrected chi connectivity index (χ1v) is 9.40. The summed E-state index contributed by atoms with van der Waals surface area (Å²) in [5.74, 6) is 0.347. The molecule has 5 nitrogen and oxygen atoms in total. The molecule has 0 spiro atoms. The van der Waals surface area contributed by atoms with Crippen molar-refractivity contribution in [1.29, 1.82) is 0 Å². The first kappa shape index (κ1) is 19.0. The van der Waals surface area contributed by atoms with Gasteiger partial charge >= 0.3 is 5.97 Å². The highest BCUT2D eigenvalue weighted by Gasteiger charge is 2.29. The predicted octanol–water partition coefficient (Wildman–Crippen LogP) is 3.68. The minimum Gasteiger partial charge on any atom is -0.489 e. The zero-order valence-electron chi connectivity index (χ0n) is 15.6. The molecule has 0 aliphatic carbocycles. The average molecular weight is 367 g/mol. The fraction of sp³-hybridized carbons (Fsp3) is 0.364. The summed E-state index contributed by atoms with van der Waals surface area (Å²) in [5, 5.41) is 0. The number of rotatable bonds is 6. The van der Waals surface area contributed by atoms with Crippen LogP contribution in [-0.4, -0.2) is 36.5 Å². The summed E-state index contributed by atoms with van der Waals surface area (Å²) in [5.41, 5.74) is 1.63. The molecule has 1 saturated heterocycles. The van der Waals surface area contributed by atoms with Crippen molar-refractivity contribution in [2.75, 3.05) is 19.7 Å². The highest BCUT2D eigenvalue weighted by Crippen LogP contribution is 2.20. The molecule has 142 valence electrons. The van der Waals surface area contributed by atoms with Gasteiger partial charge in [-0.15, -0.1) is 0 Å². The van der Waals surface area contributed by atoms with Gasteiger partial charge < -0.3 is 14.4 Å². The molecular formula is C22H25NO4. The van der Waals surface area contributed by atoms with Crippen molar-refractivity contribution in [3.8, 4) is 5.75 Å². The monoisotopic (exact) mass is 367 g/mol. The number of carbonyl (C=O) groups is 2. The Bertz CT molecular complexity index is 758. The van der Waals surface area contributed by atoms with Crippen LogP contribution in [0.25, 0.3) is 0 Å². The van der Waals surface area contributed by atoms with Crippen LogP contribution in [0, 0.1) is 5.92 Å². The van der Waals surface area contributed by atoms with E-state index >= 15 is 0 Å². The van der Waals surface area contributed by atoms with E-state index in [9.17, 15) is 9.59 Å². The summed E-state index contributed by atoms with van der Waals surface area (Å²) >= 11 is 0. The number of hydrogen-bond donors (Lipinski definition) is 0. The van der Waals surface area contributed by atoms with Gasteiger partial charge in [-0.2, -0.15) is 0 Å². The molecule has 1 atom stereocenters. The van der Waals surface area contributed by atoms with E-state index in [1.165, 1.54) is 0 Å². The summed E-state index contributed by atoms with van der Waals surface area (Å²) in [6, 6.07) is 17.1. The second kappa shape index (κ2) is 9.21. The Morgan fingerprint density at radius 2 is 1.81 bits per heavy atom. The van der Waals surface area contributed by atoms with E-state index in [0.29, 0.717) is 31.9 Å². The molecule has 2 aromatic carbocycles. The van der Waals surface area contributed by atoms with E-state index < -0.39 is 0 Å². The molecule has 2 aromatic rings. The molecule has 1 aliphatic rings. The molecule has 3 rings (SSSR count). The van der Waals surface area contributed by atoms with Gasteiger partial charge in [0.25, 0.3) is 5.91 Å². The smallest absolute Gasteiger partial charge is 0.310 e. The molecule has 0 N–H and O–H groups in total. The number of esters is 1. The van der Waals surface area contributed by atoms with Gasteiger partial charge in [-0.3, -0.25) is 9.59 Å². The summed E-state index contributed by atoms with van der Waals surface area (Å²) in [6.45, 7) is 3.72. The van der Waals surface area contributed by atoms with Crippen LogP contribution in [-0.2, 0) is 16.1 Å². The number of para-hydroxylation sites is 1. The molecule has 0 saturated carbocycles. The normalized spacial score (nSPS) is 16.6. The first-order chi connectivity index (χ1) is 13.2. The van der Waals surface area contributed by atoms with E-state index in [-0.39, 0.29) is 17.8 Å². The lowest BCUT2D eigenvalue weighted by molar-refractivity contribution is -0.149. The quantitative estimate of drug-likeness (QED) is 0.731. The molecule has 5 heteroatoms. The van der Waals surface area contributed by atoms with E-state index in [4.69, 9.17) is 9.47 Å². The van der Waals surface area contributed by atoms with Gasteiger partial charge in [0.1, 0.15) is 12.4 Å². The zero-order valence-corrected chi connectivity index (χ0v) is 15.6. The fourth-order valence-electron chi connectivity index (χ4n) is 3.22. The Kier molecular flexibility index (Phi) is 6.47. The molecule has 1 amide bonds. The second-order valence-corrected chi connectivity index (χ2v) is 6.64. The van der Waals surface area contributed by atoms with Crippen molar-refractivity contribution in [1.82, 2.24) is 4.90 Å². The number of carbonyl (C=O) groups excluding carboxylic acids is 2. The van der Waals surface area contributed by atoms with Crippen molar-refractivity contribution in [3.63, 3.8) is 0 Å². The van der Waals surface area contributed by atoms with Crippen molar-refractivity contribution in [2.24, 2.45) is 5.92 Å². The largest absolute Gasteiger partial charge is 0.489 e. The molecule has 0 radical (unpaired) electrons. The van der Waals surface area contributed by atoms with Gasteiger partial charge in [0.15, 0.2) is 0 Å². The number of piperidine rings is 1. The number of benzene rings is 2. The van der Waals surface area contributed by atoms with E-state index in [2.05, 4.69) is 0 Å². The molecule has 1 aliphatic heterocycles. The summed E-state index contributed by atoms with van der Waals surface area (Å²) < 4.78 is 10.8. The van der Waals surface area contributed by atoms with Crippen LogP contribution in [0.4, 0.5) is 0 Å². The highest BCUT2D eigenvalue weighted by atomic mass is 16.5. The molecule has 0 aromatic heterocycles.